The monoisotopic (exact) mass is 1130 g/mol. The van der Waals surface area contributed by atoms with E-state index in [1.807, 2.05) is 20.8 Å². The van der Waals surface area contributed by atoms with Gasteiger partial charge in [-0.1, -0.05) is 48.0 Å². The van der Waals surface area contributed by atoms with Gasteiger partial charge in [0.2, 0.25) is 47.3 Å². The zero-order valence-corrected chi connectivity index (χ0v) is 46.8. The summed E-state index contributed by atoms with van der Waals surface area (Å²) in [7, 11) is 0. The minimum absolute atomic E-state index is 0.0191. The molecular formula is C50H92N14O15. The van der Waals surface area contributed by atoms with E-state index in [-0.39, 0.29) is 81.9 Å². The Morgan fingerprint density at radius 3 is 1.16 bits per heavy atom. The van der Waals surface area contributed by atoms with Crippen molar-refractivity contribution in [2.45, 2.75) is 205 Å². The van der Waals surface area contributed by atoms with Crippen LogP contribution in [0.25, 0.3) is 0 Å². The Hall–Kier alpha value is -6.72. The summed E-state index contributed by atoms with van der Waals surface area (Å²) in [5, 5.41) is 59.6. The first-order chi connectivity index (χ1) is 37.0. The molecule has 8 amide bonds. The fourth-order valence-electron chi connectivity index (χ4n) is 7.83. The molecule has 0 spiro atoms. The second kappa shape index (κ2) is 38.8. The molecule has 29 heteroatoms. The number of carboxylic acids is 3. The van der Waals surface area contributed by atoms with Gasteiger partial charge < -0.3 is 91.6 Å². The molecule has 0 aliphatic rings. The van der Waals surface area contributed by atoms with Gasteiger partial charge in [0.15, 0.2) is 5.96 Å². The SMILES string of the molecule is CC[C@H](C)[C@H](N)C(=O)N[C@@H](CC(C)C)C(=O)N[C@@H](CCCCN)C(=O)N[C@@H](CCC(=O)O)C(=O)N[C@H](C(=O)N[C@@H](CCC(=O)O)C(=O)N[C@@H](CC(C)C)C(=O)N[C@@H](CCCN=C(N)N)C(=O)N[C@@H](CCCCN)C(=O)O)[C@@H](C)O. The summed E-state index contributed by atoms with van der Waals surface area (Å²) in [6, 6.07) is -13.0. The number of carbonyl (C=O) groups is 11. The van der Waals surface area contributed by atoms with Crippen LogP contribution < -0.4 is 71.2 Å². The highest BCUT2D eigenvalue weighted by atomic mass is 16.4. The minimum Gasteiger partial charge on any atom is -0.481 e. The van der Waals surface area contributed by atoms with Crippen LogP contribution >= 0.6 is 0 Å². The summed E-state index contributed by atoms with van der Waals surface area (Å²) in [6.45, 7) is 12.3. The standard InChI is InChI=1S/C50H92N14O15/c1-8-28(6)39(53)47(76)63-36(25-27(4)5)46(75)57-30(14-9-11-21-51)41(70)59-33(18-20-38(68)69)44(73)64-40(29(7)65)48(77)60-32(17-19-37(66)67)43(72)62-35(24-26(2)3)45(74)58-31(16-13-23-56-50(54)55)42(71)61-34(49(78)79)15-10-12-22-52/h26-36,39-40,65H,8-25,51-53H2,1-7H3,(H,57,75)(H,58,74)(H,59,70)(H,60,77)(H,61,71)(H,62,72)(H,63,76)(H,64,73)(H,66,67)(H,68,69)(H,78,79)(H4,54,55,56)/t28-,29+,30-,31-,32-,33-,34-,35-,36-,39-,40-/m0/s1. The normalized spacial score (nSPS) is 15.4. The number of unbranched alkanes of at least 4 members (excludes halogenated alkanes) is 2. The van der Waals surface area contributed by atoms with Crippen molar-refractivity contribution < 1.29 is 73.2 Å². The molecule has 0 radical (unpaired) electrons. The van der Waals surface area contributed by atoms with Crippen molar-refractivity contribution in [2.24, 2.45) is 51.4 Å². The number of aliphatic carboxylic acids is 3. The average Bonchev–Trinajstić information content (AvgIpc) is 3.36. The number of aliphatic hydroxyl groups excluding tert-OH is 1. The van der Waals surface area contributed by atoms with Crippen LogP contribution in [-0.4, -0.2) is 172 Å². The molecule has 452 valence electrons. The highest BCUT2D eigenvalue weighted by molar-refractivity contribution is 5.98. The van der Waals surface area contributed by atoms with Crippen LogP contribution in [-0.2, 0) is 52.7 Å². The maximum absolute atomic E-state index is 14.1. The zero-order chi connectivity index (χ0) is 60.5. The Labute approximate surface area is 462 Å². The number of guanidine groups is 1. The molecular weight excluding hydrogens is 1040 g/mol. The molecule has 0 rings (SSSR count). The lowest BCUT2D eigenvalue weighted by atomic mass is 9.97. The molecule has 0 saturated carbocycles. The first-order valence-corrected chi connectivity index (χ1v) is 27.0. The quantitative estimate of drug-likeness (QED) is 0.0163. The number of nitrogens with one attached hydrogen (secondary N) is 8. The molecule has 0 unspecified atom stereocenters. The number of hydrogen-bond acceptors (Lipinski definition) is 16. The van der Waals surface area contributed by atoms with E-state index in [0.717, 1.165) is 6.92 Å². The molecule has 0 heterocycles. The van der Waals surface area contributed by atoms with Gasteiger partial charge in [-0.15, -0.1) is 0 Å². The number of nitrogens with zero attached hydrogens (tertiary/aromatic N) is 1. The first-order valence-electron chi connectivity index (χ1n) is 27.0. The molecule has 0 bridgehead atoms. The van der Waals surface area contributed by atoms with Crippen LogP contribution in [0.5, 0.6) is 0 Å². The van der Waals surface area contributed by atoms with Crippen LogP contribution in [0.15, 0.2) is 4.99 Å². The predicted octanol–water partition coefficient (Wildman–Crippen LogP) is -3.16. The van der Waals surface area contributed by atoms with Crippen molar-refractivity contribution in [3.8, 4) is 0 Å². The number of amides is 8. The summed E-state index contributed by atoms with van der Waals surface area (Å²) < 4.78 is 0. The second-order valence-electron chi connectivity index (χ2n) is 20.5. The van der Waals surface area contributed by atoms with E-state index in [1.165, 1.54) is 0 Å². The Morgan fingerprint density at radius 2 is 0.797 bits per heavy atom. The molecule has 22 N–H and O–H groups in total. The maximum Gasteiger partial charge on any atom is 0.326 e. The zero-order valence-electron chi connectivity index (χ0n) is 46.8. The fraction of sp³-hybridized carbons (Fsp3) is 0.760. The van der Waals surface area contributed by atoms with E-state index < -0.39 is 151 Å². The van der Waals surface area contributed by atoms with E-state index in [1.54, 1.807) is 20.8 Å². The highest BCUT2D eigenvalue weighted by Crippen LogP contribution is 2.14. The number of aliphatic imine (C=N–C) groups is 1. The van der Waals surface area contributed by atoms with Gasteiger partial charge in [0, 0.05) is 19.4 Å². The Bertz CT molecular complexity index is 2020. The van der Waals surface area contributed by atoms with Crippen molar-refractivity contribution >= 4 is 71.1 Å². The lowest BCUT2D eigenvalue weighted by Crippen LogP contribution is -2.62. The molecule has 0 fully saturated rings. The van der Waals surface area contributed by atoms with Gasteiger partial charge in [0.25, 0.3) is 0 Å². The van der Waals surface area contributed by atoms with Crippen LogP contribution in [0, 0.1) is 17.8 Å². The van der Waals surface area contributed by atoms with Gasteiger partial charge in [0.05, 0.1) is 12.1 Å². The molecule has 79 heavy (non-hydrogen) atoms. The van der Waals surface area contributed by atoms with Crippen LogP contribution in [0.4, 0.5) is 0 Å². The number of rotatable bonds is 42. The van der Waals surface area contributed by atoms with Crippen molar-refractivity contribution in [3.05, 3.63) is 0 Å². The van der Waals surface area contributed by atoms with E-state index in [9.17, 15) is 73.2 Å². The third-order valence-electron chi connectivity index (χ3n) is 12.6. The van der Waals surface area contributed by atoms with Crippen molar-refractivity contribution in [3.63, 3.8) is 0 Å². The molecule has 0 aromatic rings. The number of hydrogen-bond donors (Lipinski definition) is 17. The molecule has 11 atom stereocenters. The summed E-state index contributed by atoms with van der Waals surface area (Å²) in [4.78, 5) is 150. The smallest absolute Gasteiger partial charge is 0.326 e. The third-order valence-corrected chi connectivity index (χ3v) is 12.6. The Kier molecular flexibility index (Phi) is 35.5. The lowest BCUT2D eigenvalue weighted by molar-refractivity contribution is -0.143. The first kappa shape index (κ1) is 72.3. The van der Waals surface area contributed by atoms with Crippen LogP contribution in [0.2, 0.25) is 0 Å². The van der Waals surface area contributed by atoms with Crippen LogP contribution in [0.3, 0.4) is 0 Å². The average molecular weight is 1130 g/mol. The lowest BCUT2D eigenvalue weighted by Gasteiger charge is -2.29. The molecule has 0 aliphatic carbocycles. The van der Waals surface area contributed by atoms with E-state index >= 15 is 0 Å². The molecule has 0 aromatic carbocycles. The van der Waals surface area contributed by atoms with E-state index in [2.05, 4.69) is 47.5 Å². The van der Waals surface area contributed by atoms with Crippen molar-refractivity contribution in [1.29, 1.82) is 0 Å². The van der Waals surface area contributed by atoms with Gasteiger partial charge in [-0.3, -0.25) is 52.9 Å². The van der Waals surface area contributed by atoms with Gasteiger partial charge in [-0.05, 0) is 115 Å². The second-order valence-corrected chi connectivity index (χ2v) is 20.5. The van der Waals surface area contributed by atoms with Gasteiger partial charge in [-0.25, -0.2) is 4.79 Å². The van der Waals surface area contributed by atoms with Crippen molar-refractivity contribution in [1.82, 2.24) is 42.5 Å². The topological polar surface area (TPSA) is 507 Å². The summed E-state index contributed by atoms with van der Waals surface area (Å²) >= 11 is 0. The largest absolute Gasteiger partial charge is 0.481 e. The Morgan fingerprint density at radius 1 is 0.456 bits per heavy atom. The van der Waals surface area contributed by atoms with Crippen molar-refractivity contribution in [2.75, 3.05) is 19.6 Å². The molecule has 0 aliphatic heterocycles. The number of nitrogens with two attached hydrogens (primary N) is 5. The van der Waals surface area contributed by atoms with E-state index in [4.69, 9.17) is 28.7 Å². The summed E-state index contributed by atoms with van der Waals surface area (Å²) in [6.07, 6.45) is -2.09. The summed E-state index contributed by atoms with van der Waals surface area (Å²) in [5.74, 6) is -12.6. The molecule has 29 nitrogen and oxygen atoms in total. The maximum atomic E-state index is 14.1. The van der Waals surface area contributed by atoms with Gasteiger partial charge in [-0.2, -0.15) is 0 Å². The molecule has 0 aromatic heterocycles. The van der Waals surface area contributed by atoms with Gasteiger partial charge in [0.1, 0.15) is 48.3 Å². The van der Waals surface area contributed by atoms with E-state index in [0.29, 0.717) is 32.1 Å². The van der Waals surface area contributed by atoms with Gasteiger partial charge >= 0.3 is 17.9 Å². The minimum atomic E-state index is -1.95. The molecule has 0 saturated heterocycles. The fourth-order valence-corrected chi connectivity index (χ4v) is 7.83. The number of carboxylic acid groups (broad SMARTS) is 3. The summed E-state index contributed by atoms with van der Waals surface area (Å²) in [5.41, 5.74) is 28.2. The van der Waals surface area contributed by atoms with Crippen LogP contribution in [0.1, 0.15) is 145 Å². The third kappa shape index (κ3) is 30.3. The highest BCUT2D eigenvalue weighted by Gasteiger charge is 2.37. The number of aliphatic hydroxyl groups is 1. The Balaban J connectivity index is 6.87. The predicted molar refractivity (Wildman–Crippen MR) is 291 cm³/mol. The number of carbonyl (C=O) groups excluding carboxylic acids is 8.